The minimum atomic E-state index is -1.66. The van der Waals surface area contributed by atoms with Gasteiger partial charge in [0.2, 0.25) is 23.6 Å². The molecule has 1 saturated heterocycles. The molecular formula is C45H65N5O10. The van der Waals surface area contributed by atoms with Gasteiger partial charge in [0, 0.05) is 19.5 Å². The minimum absolute atomic E-state index is 0.0515. The standard InChI is InChI=1S/C45H65N5O10/c1-7-45(6,60-40(54)21-20-39(52)53)41(55)35(26-30(2)3)47-44(58)37(28-33-16-12-9-13-17-33)49-43(57)36(27-31(4)5)48-42(56)34(19-18-32-14-10-8-11-15-32)46-38(51)29-50-22-24-59-25-23-50/h8-17,30-31,34-37H,7,18-29H2,1-6H3,(H,46,51)(H,47,58)(H,48,56)(H,49,57)(H,52,53)/t34-,35-,36-,37-,45+/m0/s1. The lowest BCUT2D eigenvalue weighted by molar-refractivity contribution is -0.168. The number of amides is 4. The lowest BCUT2D eigenvalue weighted by Crippen LogP contribution is -2.60. The molecule has 0 aromatic heterocycles. The van der Waals surface area contributed by atoms with Gasteiger partial charge in [-0.05, 0) is 62.0 Å². The SMILES string of the molecule is CC[C@@](C)(OC(=O)CCC(=O)O)C(=O)[C@H](CC(C)C)NC(=O)[C@H](Cc1ccccc1)NC(=O)[C@H](CC(C)C)NC(=O)[C@H](CCc1ccccc1)NC(=O)CN1CCOCC1. The number of aliphatic carboxylic acids is 1. The first kappa shape index (κ1) is 49.2. The van der Waals surface area contributed by atoms with E-state index in [1.165, 1.54) is 6.92 Å². The number of nitrogens with one attached hydrogen (secondary N) is 4. The number of ether oxygens (including phenoxy) is 2. The van der Waals surface area contributed by atoms with Crippen LogP contribution in [-0.4, -0.2) is 114 Å². The van der Waals surface area contributed by atoms with Gasteiger partial charge in [0.25, 0.3) is 0 Å². The summed E-state index contributed by atoms with van der Waals surface area (Å²) in [5.74, 6) is -4.88. The van der Waals surface area contributed by atoms with Gasteiger partial charge in [0.15, 0.2) is 11.4 Å². The quantitative estimate of drug-likeness (QED) is 0.0917. The number of nitrogens with zero attached hydrogens (tertiary/aromatic N) is 1. The summed E-state index contributed by atoms with van der Waals surface area (Å²) in [4.78, 5) is 95.6. The number of ketones is 1. The number of rotatable bonds is 25. The second-order valence-corrected chi connectivity index (χ2v) is 16.5. The van der Waals surface area contributed by atoms with E-state index in [2.05, 4.69) is 21.3 Å². The van der Waals surface area contributed by atoms with Gasteiger partial charge in [0.1, 0.15) is 18.1 Å². The fourth-order valence-electron chi connectivity index (χ4n) is 6.89. The lowest BCUT2D eigenvalue weighted by atomic mass is 9.87. The Hall–Kier alpha value is -5.15. The predicted octanol–water partition coefficient (Wildman–Crippen LogP) is 3.37. The Morgan fingerprint density at radius 1 is 0.717 bits per heavy atom. The number of carbonyl (C=O) groups excluding carboxylic acids is 6. The highest BCUT2D eigenvalue weighted by atomic mass is 16.6. The fraction of sp³-hybridized carbons (Fsp3) is 0.578. The average Bonchev–Trinajstić information content (AvgIpc) is 3.21. The molecule has 1 aliphatic rings. The Morgan fingerprint density at radius 3 is 1.80 bits per heavy atom. The smallest absolute Gasteiger partial charge is 0.307 e. The molecule has 15 heteroatoms. The maximum Gasteiger partial charge on any atom is 0.307 e. The Bertz CT molecular complexity index is 1720. The van der Waals surface area contributed by atoms with Gasteiger partial charge in [-0.1, -0.05) is 95.3 Å². The molecule has 0 unspecified atom stereocenters. The zero-order chi connectivity index (χ0) is 44.2. The Kier molecular flexibility index (Phi) is 20.4. The van der Waals surface area contributed by atoms with Crippen LogP contribution in [0.25, 0.3) is 0 Å². The number of aryl methyl sites for hydroxylation is 1. The van der Waals surface area contributed by atoms with Crippen molar-refractivity contribution in [3.8, 4) is 0 Å². The van der Waals surface area contributed by atoms with E-state index in [-0.39, 0.29) is 56.4 Å². The summed E-state index contributed by atoms with van der Waals surface area (Å²) in [6.45, 7) is 12.9. The molecule has 1 heterocycles. The minimum Gasteiger partial charge on any atom is -0.481 e. The Morgan fingerprint density at radius 2 is 1.23 bits per heavy atom. The van der Waals surface area contributed by atoms with Crippen molar-refractivity contribution in [2.24, 2.45) is 11.8 Å². The topological polar surface area (TPSA) is 210 Å². The van der Waals surface area contributed by atoms with Crippen molar-refractivity contribution >= 4 is 41.4 Å². The summed E-state index contributed by atoms with van der Waals surface area (Å²) in [5, 5.41) is 20.5. The molecule has 0 aliphatic carbocycles. The van der Waals surface area contributed by atoms with Crippen LogP contribution in [0.2, 0.25) is 0 Å². The number of carboxylic acids is 1. The van der Waals surface area contributed by atoms with Crippen molar-refractivity contribution < 1.29 is 48.1 Å². The van der Waals surface area contributed by atoms with Crippen molar-refractivity contribution in [3.05, 3.63) is 71.8 Å². The number of Topliss-reactive ketones (excluding diaryl/α,β-unsaturated/α-hetero) is 1. The van der Waals surface area contributed by atoms with Gasteiger partial charge in [0.05, 0.1) is 38.6 Å². The van der Waals surface area contributed by atoms with E-state index < -0.39 is 78.1 Å². The first-order valence-corrected chi connectivity index (χ1v) is 21.1. The molecule has 4 amide bonds. The van der Waals surface area contributed by atoms with Crippen LogP contribution in [0.1, 0.15) is 91.2 Å². The third kappa shape index (κ3) is 17.2. The second kappa shape index (κ2) is 24.8. The maximum absolute atomic E-state index is 14.3. The van der Waals surface area contributed by atoms with Gasteiger partial charge in [-0.3, -0.25) is 38.5 Å². The normalized spacial score (nSPS) is 16.1. The molecule has 330 valence electrons. The first-order chi connectivity index (χ1) is 28.5. The number of carbonyl (C=O) groups is 7. The highest BCUT2D eigenvalue weighted by Crippen LogP contribution is 2.23. The molecule has 5 N–H and O–H groups in total. The molecule has 5 atom stereocenters. The molecular weight excluding hydrogens is 771 g/mol. The van der Waals surface area contributed by atoms with Crippen LogP contribution in [0.4, 0.5) is 0 Å². The molecule has 0 bridgehead atoms. The van der Waals surface area contributed by atoms with Crippen LogP contribution in [-0.2, 0) is 55.9 Å². The van der Waals surface area contributed by atoms with E-state index in [1.54, 1.807) is 31.2 Å². The first-order valence-electron chi connectivity index (χ1n) is 21.1. The van der Waals surface area contributed by atoms with Gasteiger partial charge < -0.3 is 35.8 Å². The van der Waals surface area contributed by atoms with Crippen LogP contribution < -0.4 is 21.3 Å². The van der Waals surface area contributed by atoms with Crippen molar-refractivity contribution in [1.29, 1.82) is 0 Å². The van der Waals surface area contributed by atoms with Crippen LogP contribution in [0.3, 0.4) is 0 Å². The summed E-state index contributed by atoms with van der Waals surface area (Å²) < 4.78 is 10.9. The molecule has 0 spiro atoms. The van der Waals surface area contributed by atoms with Crippen LogP contribution in [0.15, 0.2) is 60.7 Å². The van der Waals surface area contributed by atoms with E-state index in [0.29, 0.717) is 32.7 Å². The summed E-state index contributed by atoms with van der Waals surface area (Å²) >= 11 is 0. The highest BCUT2D eigenvalue weighted by Gasteiger charge is 2.42. The maximum atomic E-state index is 14.3. The monoisotopic (exact) mass is 835 g/mol. The molecule has 1 fully saturated rings. The van der Waals surface area contributed by atoms with E-state index in [1.807, 2.05) is 69.0 Å². The van der Waals surface area contributed by atoms with Crippen molar-refractivity contribution in [3.63, 3.8) is 0 Å². The largest absolute Gasteiger partial charge is 0.481 e. The number of benzene rings is 2. The van der Waals surface area contributed by atoms with Gasteiger partial charge in [-0.15, -0.1) is 0 Å². The Labute approximate surface area is 354 Å². The molecule has 0 radical (unpaired) electrons. The summed E-state index contributed by atoms with van der Waals surface area (Å²) in [7, 11) is 0. The number of morpholine rings is 1. The van der Waals surface area contributed by atoms with Crippen molar-refractivity contribution in [2.45, 2.75) is 123 Å². The molecule has 0 saturated carbocycles. The summed E-state index contributed by atoms with van der Waals surface area (Å²) in [6, 6.07) is 14.2. The fourth-order valence-corrected chi connectivity index (χ4v) is 6.89. The van der Waals surface area contributed by atoms with E-state index in [9.17, 15) is 33.6 Å². The van der Waals surface area contributed by atoms with Crippen LogP contribution in [0, 0.1) is 11.8 Å². The number of esters is 1. The van der Waals surface area contributed by atoms with E-state index >= 15 is 0 Å². The zero-order valence-corrected chi connectivity index (χ0v) is 36.0. The molecule has 2 aromatic carbocycles. The highest BCUT2D eigenvalue weighted by molar-refractivity contribution is 5.98. The third-order valence-electron chi connectivity index (χ3n) is 10.4. The van der Waals surface area contributed by atoms with Crippen LogP contribution >= 0.6 is 0 Å². The second-order valence-electron chi connectivity index (χ2n) is 16.5. The van der Waals surface area contributed by atoms with E-state index in [4.69, 9.17) is 14.6 Å². The van der Waals surface area contributed by atoms with Crippen molar-refractivity contribution in [1.82, 2.24) is 26.2 Å². The van der Waals surface area contributed by atoms with Gasteiger partial charge in [-0.2, -0.15) is 0 Å². The number of hydrogen-bond acceptors (Lipinski definition) is 10. The molecule has 60 heavy (non-hydrogen) atoms. The summed E-state index contributed by atoms with van der Waals surface area (Å²) in [6.07, 6.45) is 0.408. The molecule has 2 aromatic rings. The van der Waals surface area contributed by atoms with Gasteiger partial charge >= 0.3 is 11.9 Å². The lowest BCUT2D eigenvalue weighted by Gasteiger charge is -2.33. The summed E-state index contributed by atoms with van der Waals surface area (Å²) in [5.41, 5.74) is 0.0414. The zero-order valence-electron chi connectivity index (χ0n) is 36.0. The average molecular weight is 836 g/mol. The molecule has 3 rings (SSSR count). The van der Waals surface area contributed by atoms with E-state index in [0.717, 1.165) is 11.1 Å². The number of hydrogen-bond donors (Lipinski definition) is 5. The predicted molar refractivity (Wildman–Crippen MR) is 225 cm³/mol. The van der Waals surface area contributed by atoms with Crippen LogP contribution in [0.5, 0.6) is 0 Å². The van der Waals surface area contributed by atoms with Gasteiger partial charge in [-0.25, -0.2) is 0 Å². The Balaban J connectivity index is 1.87. The molecule has 15 nitrogen and oxygen atoms in total. The molecule has 1 aliphatic heterocycles. The number of carboxylic acid groups (broad SMARTS) is 1. The third-order valence-corrected chi connectivity index (χ3v) is 10.4. The van der Waals surface area contributed by atoms with Crippen molar-refractivity contribution in [2.75, 3.05) is 32.8 Å².